The third kappa shape index (κ3) is 37.4. The largest absolute Gasteiger partial charge is 0.477 e. The SMILES string of the molecule is CC/C=C\C/C=C\C/C=C\C/C=C\CCCCCCCCC(=O)OC(COC(=O)CCCCCCCCCCC)COC(OCC[N+](C)(C)C)C(=O)O. The fraction of sp³-hybridized carbons (Fsp3) is 0.750. The Morgan fingerprint density at radius 3 is 1.60 bits per heavy atom. The molecule has 0 aromatic rings. The number of quaternary nitrogens is 1. The highest BCUT2D eigenvalue weighted by Gasteiger charge is 2.25. The number of carbonyl (C=O) groups is 3. The zero-order valence-electron chi connectivity index (χ0n) is 34.4. The molecule has 0 radical (unpaired) electrons. The molecule has 0 aliphatic carbocycles. The van der Waals surface area contributed by atoms with Crippen LogP contribution in [0, 0.1) is 0 Å². The van der Waals surface area contributed by atoms with Crippen molar-refractivity contribution < 1.29 is 42.9 Å². The van der Waals surface area contributed by atoms with E-state index in [2.05, 4.69) is 62.5 Å². The number of nitrogens with zero attached hydrogens (tertiary/aromatic N) is 1. The summed E-state index contributed by atoms with van der Waals surface area (Å²) < 4.78 is 22.6. The van der Waals surface area contributed by atoms with Gasteiger partial charge in [-0.05, 0) is 51.4 Å². The Bertz CT molecular complexity index is 1010. The highest BCUT2D eigenvalue weighted by Crippen LogP contribution is 2.13. The lowest BCUT2D eigenvalue weighted by atomic mass is 10.1. The predicted octanol–water partition coefficient (Wildman–Crippen LogP) is 10.4. The molecule has 0 rings (SSSR count). The molecule has 2 atom stereocenters. The van der Waals surface area contributed by atoms with Crippen LogP contribution in [0.5, 0.6) is 0 Å². The number of rotatable bonds is 37. The van der Waals surface area contributed by atoms with Crippen LogP contribution >= 0.6 is 0 Å². The third-order valence-electron chi connectivity index (χ3n) is 8.60. The number of carboxylic acid groups (broad SMARTS) is 1. The number of carboxylic acids is 1. The van der Waals surface area contributed by atoms with E-state index < -0.39 is 24.3 Å². The minimum Gasteiger partial charge on any atom is -0.477 e. The van der Waals surface area contributed by atoms with E-state index in [1.807, 2.05) is 21.1 Å². The Morgan fingerprint density at radius 1 is 0.585 bits per heavy atom. The number of allylic oxidation sites excluding steroid dienone is 8. The number of hydrogen-bond donors (Lipinski definition) is 1. The van der Waals surface area contributed by atoms with Gasteiger partial charge < -0.3 is 28.5 Å². The summed E-state index contributed by atoms with van der Waals surface area (Å²) in [6, 6.07) is 0. The summed E-state index contributed by atoms with van der Waals surface area (Å²) in [4.78, 5) is 36.9. The summed E-state index contributed by atoms with van der Waals surface area (Å²) in [6.07, 6.45) is 37.4. The predicted molar refractivity (Wildman–Crippen MR) is 217 cm³/mol. The Balaban J connectivity index is 4.47. The molecule has 0 spiro atoms. The van der Waals surface area contributed by atoms with Crippen LogP contribution in [0.15, 0.2) is 48.6 Å². The van der Waals surface area contributed by atoms with Gasteiger partial charge in [-0.25, -0.2) is 4.79 Å². The second-order valence-electron chi connectivity index (χ2n) is 14.9. The molecule has 0 aliphatic heterocycles. The van der Waals surface area contributed by atoms with Crippen LogP contribution in [-0.4, -0.2) is 87.4 Å². The van der Waals surface area contributed by atoms with Gasteiger partial charge >= 0.3 is 17.9 Å². The van der Waals surface area contributed by atoms with E-state index in [1.54, 1.807) is 0 Å². The highest BCUT2D eigenvalue weighted by atomic mass is 16.7. The van der Waals surface area contributed by atoms with Gasteiger partial charge in [0.25, 0.3) is 6.29 Å². The van der Waals surface area contributed by atoms with Gasteiger partial charge in [-0.2, -0.15) is 0 Å². The van der Waals surface area contributed by atoms with E-state index in [0.29, 0.717) is 23.9 Å². The average Bonchev–Trinajstić information content (AvgIpc) is 3.11. The second-order valence-corrected chi connectivity index (χ2v) is 14.9. The molecule has 0 bridgehead atoms. The van der Waals surface area contributed by atoms with Gasteiger partial charge in [-0.1, -0.05) is 140 Å². The Labute approximate surface area is 323 Å². The molecule has 0 heterocycles. The number of likely N-dealkylation sites (N-methyl/N-ethyl adjacent to an activating group) is 1. The molecule has 9 heteroatoms. The molecule has 0 fully saturated rings. The fourth-order valence-corrected chi connectivity index (χ4v) is 5.35. The van der Waals surface area contributed by atoms with Crippen molar-refractivity contribution in [3.05, 3.63) is 48.6 Å². The van der Waals surface area contributed by atoms with Crippen molar-refractivity contribution in [3.63, 3.8) is 0 Å². The van der Waals surface area contributed by atoms with Crippen molar-refractivity contribution in [2.45, 2.75) is 167 Å². The minimum atomic E-state index is -1.51. The van der Waals surface area contributed by atoms with Crippen molar-refractivity contribution in [1.82, 2.24) is 0 Å². The van der Waals surface area contributed by atoms with E-state index >= 15 is 0 Å². The van der Waals surface area contributed by atoms with E-state index in [0.717, 1.165) is 83.5 Å². The van der Waals surface area contributed by atoms with E-state index in [4.69, 9.17) is 18.9 Å². The summed E-state index contributed by atoms with van der Waals surface area (Å²) in [5.74, 6) is -2.03. The van der Waals surface area contributed by atoms with Gasteiger partial charge in [-0.3, -0.25) is 9.59 Å². The molecule has 0 saturated carbocycles. The Kier molecular flexibility index (Phi) is 34.4. The first-order chi connectivity index (χ1) is 25.6. The molecule has 0 saturated heterocycles. The fourth-order valence-electron chi connectivity index (χ4n) is 5.35. The van der Waals surface area contributed by atoms with Crippen molar-refractivity contribution in [1.29, 1.82) is 0 Å². The normalized spacial score (nSPS) is 13.5. The van der Waals surface area contributed by atoms with Gasteiger partial charge in [0.15, 0.2) is 6.10 Å². The number of ether oxygens (including phenoxy) is 4. The van der Waals surface area contributed by atoms with Crippen molar-refractivity contribution in [3.8, 4) is 0 Å². The van der Waals surface area contributed by atoms with Crippen LogP contribution in [0.25, 0.3) is 0 Å². The second kappa shape index (κ2) is 36.2. The van der Waals surface area contributed by atoms with Crippen LogP contribution in [0.2, 0.25) is 0 Å². The first kappa shape index (κ1) is 50.2. The first-order valence-electron chi connectivity index (χ1n) is 20.8. The number of unbranched alkanes of at least 4 members (excludes halogenated alkanes) is 14. The third-order valence-corrected chi connectivity index (χ3v) is 8.60. The molecular weight excluding hydrogens is 670 g/mol. The lowest BCUT2D eigenvalue weighted by Crippen LogP contribution is -2.40. The smallest absolute Gasteiger partial charge is 0.361 e. The standard InChI is InChI=1S/C44H77NO8/c1-6-8-10-12-14-16-17-18-19-20-21-22-23-24-25-27-29-31-33-35-42(47)53-40(39-52-44(43(48)49)50-37-36-45(3,4)5)38-51-41(46)34-32-30-28-26-15-13-11-9-7-2/h8,10,14,16,18-19,21-22,40,44H,6-7,9,11-13,15,17,20,23-39H2,1-5H3/p+1/b10-8-,16-14-,19-18-,22-21-. The Morgan fingerprint density at radius 2 is 1.08 bits per heavy atom. The summed E-state index contributed by atoms with van der Waals surface area (Å²) in [7, 11) is 5.94. The zero-order valence-corrected chi connectivity index (χ0v) is 34.4. The monoisotopic (exact) mass is 749 g/mol. The summed E-state index contributed by atoms with van der Waals surface area (Å²) in [5, 5.41) is 9.60. The van der Waals surface area contributed by atoms with Gasteiger partial charge in [0.1, 0.15) is 13.2 Å². The maximum absolute atomic E-state index is 12.7. The van der Waals surface area contributed by atoms with Crippen LogP contribution in [0.1, 0.15) is 155 Å². The van der Waals surface area contributed by atoms with E-state index in [-0.39, 0.29) is 32.2 Å². The van der Waals surface area contributed by atoms with Gasteiger partial charge in [0.2, 0.25) is 0 Å². The van der Waals surface area contributed by atoms with E-state index in [1.165, 1.54) is 38.5 Å². The maximum atomic E-state index is 12.7. The van der Waals surface area contributed by atoms with Gasteiger partial charge in [0, 0.05) is 12.8 Å². The molecule has 9 nitrogen and oxygen atoms in total. The lowest BCUT2D eigenvalue weighted by molar-refractivity contribution is -0.870. The molecule has 1 N–H and O–H groups in total. The molecule has 306 valence electrons. The molecule has 53 heavy (non-hydrogen) atoms. The summed E-state index contributed by atoms with van der Waals surface area (Å²) in [6.45, 7) is 4.70. The molecule has 0 aromatic carbocycles. The van der Waals surface area contributed by atoms with Gasteiger partial charge in [0.05, 0.1) is 34.4 Å². The lowest BCUT2D eigenvalue weighted by Gasteiger charge is -2.25. The van der Waals surface area contributed by atoms with E-state index in [9.17, 15) is 19.5 Å². The molecule has 0 amide bonds. The molecular formula is C44H78NO8+. The van der Waals surface area contributed by atoms with Crippen molar-refractivity contribution in [2.75, 3.05) is 47.5 Å². The number of aliphatic carboxylic acids is 1. The van der Waals surface area contributed by atoms with Crippen LogP contribution in [0.3, 0.4) is 0 Å². The quantitative estimate of drug-likeness (QED) is 0.0220. The first-order valence-corrected chi connectivity index (χ1v) is 20.8. The summed E-state index contributed by atoms with van der Waals surface area (Å²) in [5.41, 5.74) is 0. The maximum Gasteiger partial charge on any atom is 0.361 e. The van der Waals surface area contributed by atoms with Gasteiger partial charge in [-0.15, -0.1) is 0 Å². The van der Waals surface area contributed by atoms with Crippen LogP contribution < -0.4 is 0 Å². The Hall–Kier alpha value is -2.75. The van der Waals surface area contributed by atoms with Crippen LogP contribution in [0.4, 0.5) is 0 Å². The highest BCUT2D eigenvalue weighted by molar-refractivity contribution is 5.71. The summed E-state index contributed by atoms with van der Waals surface area (Å²) >= 11 is 0. The van der Waals surface area contributed by atoms with Crippen LogP contribution in [-0.2, 0) is 33.3 Å². The molecule has 2 unspecified atom stereocenters. The molecule has 0 aliphatic rings. The zero-order chi connectivity index (χ0) is 39.3. The minimum absolute atomic E-state index is 0.184. The number of carbonyl (C=O) groups excluding carboxylic acids is 2. The topological polar surface area (TPSA) is 108 Å². The van der Waals surface area contributed by atoms with Crippen molar-refractivity contribution in [2.24, 2.45) is 0 Å². The number of esters is 2. The number of hydrogen-bond acceptors (Lipinski definition) is 7. The molecule has 0 aromatic heterocycles. The average molecular weight is 749 g/mol. The van der Waals surface area contributed by atoms with Crippen molar-refractivity contribution >= 4 is 17.9 Å².